The number of rotatable bonds is 3. The Labute approximate surface area is 157 Å². The van der Waals surface area contributed by atoms with Crippen molar-refractivity contribution in [1.29, 1.82) is 0 Å². The molecule has 8 heteroatoms. The average molecular weight is 367 g/mol. The van der Waals surface area contributed by atoms with Gasteiger partial charge in [0.25, 0.3) is 11.8 Å². The number of hydrogen-bond donors (Lipinski definition) is 1. The van der Waals surface area contributed by atoms with E-state index < -0.39 is 0 Å². The van der Waals surface area contributed by atoms with Crippen molar-refractivity contribution in [3.63, 3.8) is 0 Å². The Morgan fingerprint density at radius 3 is 2.41 bits per heavy atom. The van der Waals surface area contributed by atoms with Crippen LogP contribution in [-0.4, -0.2) is 63.7 Å². The van der Waals surface area contributed by atoms with E-state index in [-0.39, 0.29) is 17.7 Å². The number of nitrogens with zero attached hydrogens (tertiary/aromatic N) is 4. The lowest BCUT2D eigenvalue weighted by Gasteiger charge is -2.22. The Balaban J connectivity index is 1.66. The number of carbonyl (C=O) groups excluding carboxylic acids is 3. The fraction of sp³-hybridized carbons (Fsp3) is 0.316. The Hall–Kier alpha value is -3.29. The fourth-order valence-electron chi connectivity index (χ4n) is 3.01. The van der Waals surface area contributed by atoms with Gasteiger partial charge in [-0.2, -0.15) is 0 Å². The van der Waals surface area contributed by atoms with Crippen molar-refractivity contribution in [2.75, 3.05) is 31.5 Å². The van der Waals surface area contributed by atoms with E-state index in [1.165, 1.54) is 25.5 Å². The molecular weight excluding hydrogens is 346 g/mol. The van der Waals surface area contributed by atoms with Crippen molar-refractivity contribution in [3.05, 3.63) is 54.1 Å². The maximum atomic E-state index is 12.8. The maximum absolute atomic E-state index is 12.8. The molecule has 2 heterocycles. The van der Waals surface area contributed by atoms with Gasteiger partial charge in [0.2, 0.25) is 5.91 Å². The van der Waals surface area contributed by atoms with Crippen LogP contribution in [0.3, 0.4) is 0 Å². The number of carbonyl (C=O) groups is 3. The number of nitrogens with one attached hydrogen (secondary N) is 1. The van der Waals surface area contributed by atoms with Gasteiger partial charge in [0.05, 0.1) is 6.20 Å². The molecule has 0 unspecified atom stereocenters. The zero-order chi connectivity index (χ0) is 19.2. The zero-order valence-corrected chi connectivity index (χ0v) is 15.1. The van der Waals surface area contributed by atoms with Crippen LogP contribution < -0.4 is 5.32 Å². The van der Waals surface area contributed by atoms with E-state index >= 15 is 0 Å². The average Bonchev–Trinajstić information content (AvgIpc) is 2.93. The van der Waals surface area contributed by atoms with Gasteiger partial charge in [0.15, 0.2) is 0 Å². The van der Waals surface area contributed by atoms with Crippen LogP contribution in [0.25, 0.3) is 0 Å². The second kappa shape index (κ2) is 8.39. The lowest BCUT2D eigenvalue weighted by molar-refractivity contribution is -0.114. The van der Waals surface area contributed by atoms with Crippen LogP contribution in [0.15, 0.2) is 42.9 Å². The van der Waals surface area contributed by atoms with Gasteiger partial charge in [0, 0.05) is 56.7 Å². The molecule has 1 aliphatic rings. The minimum absolute atomic E-state index is 0.115. The van der Waals surface area contributed by atoms with E-state index in [4.69, 9.17) is 0 Å². The summed E-state index contributed by atoms with van der Waals surface area (Å²) in [4.78, 5) is 48.0. The summed E-state index contributed by atoms with van der Waals surface area (Å²) in [6.07, 6.45) is 5.14. The number of aromatic nitrogens is 2. The van der Waals surface area contributed by atoms with Gasteiger partial charge >= 0.3 is 0 Å². The van der Waals surface area contributed by atoms with Crippen molar-refractivity contribution in [1.82, 2.24) is 19.8 Å². The second-order valence-electron chi connectivity index (χ2n) is 6.29. The molecule has 140 valence electrons. The fourth-order valence-corrected chi connectivity index (χ4v) is 3.01. The molecule has 1 aromatic heterocycles. The summed E-state index contributed by atoms with van der Waals surface area (Å²) in [6.45, 7) is 3.42. The van der Waals surface area contributed by atoms with Crippen LogP contribution >= 0.6 is 0 Å². The Kier molecular flexibility index (Phi) is 5.75. The molecule has 2 aromatic rings. The SMILES string of the molecule is CC(=O)Nc1cccc(C(=O)N2CCCN(C(=O)c3cnccn3)CC2)c1. The number of benzene rings is 1. The molecule has 3 rings (SSSR count). The predicted octanol–water partition coefficient (Wildman–Crippen LogP) is 1.42. The zero-order valence-electron chi connectivity index (χ0n) is 15.1. The lowest BCUT2D eigenvalue weighted by Crippen LogP contribution is -2.37. The number of amides is 3. The van der Waals surface area contributed by atoms with Crippen molar-refractivity contribution in [2.24, 2.45) is 0 Å². The molecule has 0 spiro atoms. The lowest BCUT2D eigenvalue weighted by atomic mass is 10.1. The molecule has 27 heavy (non-hydrogen) atoms. The van der Waals surface area contributed by atoms with Crippen LogP contribution in [0, 0.1) is 0 Å². The summed E-state index contributed by atoms with van der Waals surface area (Å²) in [5, 5.41) is 2.68. The van der Waals surface area contributed by atoms with Crippen LogP contribution in [0.4, 0.5) is 5.69 Å². The number of anilines is 1. The van der Waals surface area contributed by atoms with E-state index in [1.807, 2.05) is 0 Å². The van der Waals surface area contributed by atoms with Crippen LogP contribution in [0.2, 0.25) is 0 Å². The van der Waals surface area contributed by atoms with Crippen molar-refractivity contribution >= 4 is 23.4 Å². The van der Waals surface area contributed by atoms with E-state index in [0.29, 0.717) is 49.5 Å². The highest BCUT2D eigenvalue weighted by molar-refractivity contribution is 5.97. The third-order valence-electron chi connectivity index (χ3n) is 4.28. The largest absolute Gasteiger partial charge is 0.337 e. The molecule has 1 aliphatic heterocycles. The first-order valence-electron chi connectivity index (χ1n) is 8.77. The topological polar surface area (TPSA) is 95.5 Å². The number of hydrogen-bond acceptors (Lipinski definition) is 5. The van der Waals surface area contributed by atoms with Gasteiger partial charge in [-0.1, -0.05) is 6.07 Å². The van der Waals surface area contributed by atoms with Gasteiger partial charge in [-0.05, 0) is 24.6 Å². The smallest absolute Gasteiger partial charge is 0.274 e. The summed E-state index contributed by atoms with van der Waals surface area (Å²) < 4.78 is 0. The third kappa shape index (κ3) is 4.66. The van der Waals surface area contributed by atoms with Crippen molar-refractivity contribution in [2.45, 2.75) is 13.3 Å². The van der Waals surface area contributed by atoms with E-state index in [0.717, 1.165) is 0 Å². The van der Waals surface area contributed by atoms with Gasteiger partial charge in [-0.25, -0.2) is 4.98 Å². The van der Waals surface area contributed by atoms with Crippen LogP contribution in [0.1, 0.15) is 34.2 Å². The molecule has 8 nitrogen and oxygen atoms in total. The summed E-state index contributed by atoms with van der Waals surface area (Å²) in [5.41, 5.74) is 1.40. The predicted molar refractivity (Wildman–Crippen MR) is 99.2 cm³/mol. The first kappa shape index (κ1) is 18.5. The monoisotopic (exact) mass is 367 g/mol. The van der Waals surface area contributed by atoms with Crippen LogP contribution in [0.5, 0.6) is 0 Å². The summed E-state index contributed by atoms with van der Waals surface area (Å²) in [5.74, 6) is -0.478. The Morgan fingerprint density at radius 2 is 1.74 bits per heavy atom. The molecule has 0 radical (unpaired) electrons. The molecular formula is C19H21N5O3. The van der Waals surface area contributed by atoms with Crippen molar-refractivity contribution in [3.8, 4) is 0 Å². The van der Waals surface area contributed by atoms with Crippen LogP contribution in [-0.2, 0) is 4.79 Å². The first-order chi connectivity index (χ1) is 13.0. The van der Waals surface area contributed by atoms with E-state index in [1.54, 1.807) is 34.1 Å². The molecule has 1 saturated heterocycles. The molecule has 1 fully saturated rings. The second-order valence-corrected chi connectivity index (χ2v) is 6.29. The maximum Gasteiger partial charge on any atom is 0.274 e. The standard InChI is InChI=1S/C19H21N5O3/c1-14(25)22-16-5-2-4-15(12-16)18(26)23-8-3-9-24(11-10-23)19(27)17-13-20-6-7-21-17/h2,4-7,12-13H,3,8-11H2,1H3,(H,22,25). The quantitative estimate of drug-likeness (QED) is 0.885. The molecule has 0 bridgehead atoms. The minimum Gasteiger partial charge on any atom is -0.337 e. The Morgan fingerprint density at radius 1 is 1.00 bits per heavy atom. The van der Waals surface area contributed by atoms with Gasteiger partial charge < -0.3 is 15.1 Å². The van der Waals surface area contributed by atoms with E-state index in [9.17, 15) is 14.4 Å². The van der Waals surface area contributed by atoms with Gasteiger partial charge in [-0.3, -0.25) is 19.4 Å². The highest BCUT2D eigenvalue weighted by Crippen LogP contribution is 2.15. The third-order valence-corrected chi connectivity index (χ3v) is 4.28. The van der Waals surface area contributed by atoms with Crippen molar-refractivity contribution < 1.29 is 14.4 Å². The van der Waals surface area contributed by atoms with Gasteiger partial charge in [0.1, 0.15) is 5.69 Å². The Bertz CT molecular complexity index is 840. The molecule has 0 atom stereocenters. The highest BCUT2D eigenvalue weighted by atomic mass is 16.2. The summed E-state index contributed by atoms with van der Waals surface area (Å²) >= 11 is 0. The minimum atomic E-state index is -0.187. The molecule has 1 N–H and O–H groups in total. The molecule has 1 aromatic carbocycles. The molecule has 3 amide bonds. The summed E-state index contributed by atoms with van der Waals surface area (Å²) in [6, 6.07) is 6.86. The summed E-state index contributed by atoms with van der Waals surface area (Å²) in [7, 11) is 0. The van der Waals surface area contributed by atoms with E-state index in [2.05, 4.69) is 15.3 Å². The molecule has 0 aliphatic carbocycles. The first-order valence-corrected chi connectivity index (χ1v) is 8.77. The highest BCUT2D eigenvalue weighted by Gasteiger charge is 2.24. The molecule has 0 saturated carbocycles. The van der Waals surface area contributed by atoms with Gasteiger partial charge in [-0.15, -0.1) is 0 Å². The normalized spacial score (nSPS) is 14.4.